The number of aliphatic hydroxyl groups excluding tert-OH is 1. The number of hydrogen-bond donors (Lipinski definition) is 1. The molecule has 34 heavy (non-hydrogen) atoms. The number of nitro groups is 1. The predicted molar refractivity (Wildman–Crippen MR) is 126 cm³/mol. The largest absolute Gasteiger partial charge is 0.461 e. The molecule has 0 fully saturated rings. The monoisotopic (exact) mass is 472 g/mol. The van der Waals surface area contributed by atoms with Crippen molar-refractivity contribution in [2.24, 2.45) is 10.2 Å². The summed E-state index contributed by atoms with van der Waals surface area (Å²) in [5.41, 5.74) is 1.98. The van der Waals surface area contributed by atoms with Crippen LogP contribution < -0.4 is 4.90 Å². The number of hydrogen-bond acceptors (Lipinski definition) is 10. The van der Waals surface area contributed by atoms with E-state index in [1.807, 2.05) is 17.0 Å². The second kappa shape index (κ2) is 15.2. The van der Waals surface area contributed by atoms with Crippen molar-refractivity contribution in [1.29, 1.82) is 0 Å². The Bertz CT molecular complexity index is 933. The minimum absolute atomic E-state index is 0.0103. The highest BCUT2D eigenvalue weighted by Gasteiger charge is 2.08. The summed E-state index contributed by atoms with van der Waals surface area (Å²) in [6, 6.07) is 13.1. The Morgan fingerprint density at radius 3 is 2.06 bits per heavy atom. The third-order valence-electron chi connectivity index (χ3n) is 4.44. The van der Waals surface area contributed by atoms with Gasteiger partial charge in [0.2, 0.25) is 0 Å². The third-order valence-corrected chi connectivity index (χ3v) is 4.44. The molecule has 0 bridgehead atoms. The molecule has 0 spiro atoms. The molecule has 0 unspecified atom stereocenters. The lowest BCUT2D eigenvalue weighted by molar-refractivity contribution is -0.384. The van der Waals surface area contributed by atoms with E-state index in [-0.39, 0.29) is 25.5 Å². The topological polar surface area (TPSA) is 136 Å². The fraction of sp³-hybridized carbons (Fsp3) is 0.348. The lowest BCUT2D eigenvalue weighted by atomic mass is 10.2. The van der Waals surface area contributed by atoms with Crippen molar-refractivity contribution >= 4 is 28.7 Å². The van der Waals surface area contributed by atoms with Gasteiger partial charge in [0.05, 0.1) is 55.9 Å². The number of nitro benzene ring substituents is 1. The van der Waals surface area contributed by atoms with Crippen molar-refractivity contribution in [1.82, 2.24) is 0 Å². The fourth-order valence-corrected chi connectivity index (χ4v) is 2.73. The maximum atomic E-state index is 11.3. The smallest absolute Gasteiger partial charge is 0.330 e. The van der Waals surface area contributed by atoms with Crippen LogP contribution in [0.3, 0.4) is 0 Å². The second-order valence-corrected chi connectivity index (χ2v) is 6.80. The maximum absolute atomic E-state index is 11.3. The molecule has 0 aliphatic rings. The van der Waals surface area contributed by atoms with Gasteiger partial charge in [-0.1, -0.05) is 6.58 Å². The molecular weight excluding hydrogens is 444 g/mol. The number of carbonyl (C=O) groups excluding carboxylic acids is 1. The number of rotatable bonds is 16. The second-order valence-electron chi connectivity index (χ2n) is 6.80. The van der Waals surface area contributed by atoms with E-state index in [9.17, 15) is 14.9 Å². The molecule has 0 aliphatic heterocycles. The standard InChI is InChI=1S/C23H28N4O7/c1-2-23(29)34-15-12-26(11-14-32-17-18-33-16-13-28)21-7-3-19(4-8-21)24-25-20-5-9-22(10-6-20)27(30)31/h2-10,28H,1,11-18H2/b25-24+. The van der Waals surface area contributed by atoms with Crippen molar-refractivity contribution in [2.75, 3.05) is 57.6 Å². The minimum atomic E-state index is -0.487. The molecule has 0 aliphatic carbocycles. The van der Waals surface area contributed by atoms with Gasteiger partial charge >= 0.3 is 5.97 Å². The number of non-ortho nitro benzene ring substituents is 1. The van der Waals surface area contributed by atoms with Crippen molar-refractivity contribution in [3.05, 3.63) is 71.3 Å². The average Bonchev–Trinajstić information content (AvgIpc) is 2.86. The molecule has 0 atom stereocenters. The van der Waals surface area contributed by atoms with Gasteiger partial charge in [0.1, 0.15) is 6.61 Å². The molecular formula is C23H28N4O7. The summed E-state index contributed by atoms with van der Waals surface area (Å²) in [6.07, 6.45) is 1.12. The van der Waals surface area contributed by atoms with E-state index in [0.717, 1.165) is 11.8 Å². The number of carbonyl (C=O) groups is 1. The number of aliphatic hydroxyl groups is 1. The van der Waals surface area contributed by atoms with Gasteiger partial charge < -0.3 is 24.2 Å². The van der Waals surface area contributed by atoms with Crippen LogP contribution in [0, 0.1) is 10.1 Å². The quantitative estimate of drug-likeness (QED) is 0.0978. The summed E-state index contributed by atoms with van der Waals surface area (Å²) in [5.74, 6) is -0.487. The first-order valence-electron chi connectivity index (χ1n) is 10.6. The summed E-state index contributed by atoms with van der Waals surface area (Å²) < 4.78 is 15.8. The van der Waals surface area contributed by atoms with Crippen LogP contribution >= 0.6 is 0 Å². The molecule has 11 heteroatoms. The molecule has 0 saturated carbocycles. The number of ether oxygens (including phenoxy) is 3. The molecule has 182 valence electrons. The van der Waals surface area contributed by atoms with Crippen LogP contribution in [-0.2, 0) is 19.0 Å². The molecule has 0 amide bonds. The fourth-order valence-electron chi connectivity index (χ4n) is 2.73. The Hall–Kier alpha value is -3.67. The first-order valence-corrected chi connectivity index (χ1v) is 10.6. The van der Waals surface area contributed by atoms with E-state index in [4.69, 9.17) is 19.3 Å². The molecule has 2 rings (SSSR count). The number of anilines is 1. The van der Waals surface area contributed by atoms with E-state index < -0.39 is 10.9 Å². The first kappa shape index (κ1) is 26.6. The summed E-state index contributed by atoms with van der Waals surface area (Å²) in [5, 5.41) is 27.7. The van der Waals surface area contributed by atoms with E-state index >= 15 is 0 Å². The van der Waals surface area contributed by atoms with Crippen LogP contribution in [-0.4, -0.2) is 68.7 Å². The van der Waals surface area contributed by atoms with Crippen LogP contribution in [0.4, 0.5) is 22.7 Å². The van der Waals surface area contributed by atoms with Crippen molar-refractivity contribution in [3.8, 4) is 0 Å². The van der Waals surface area contributed by atoms with Crippen LogP contribution in [0.5, 0.6) is 0 Å². The van der Waals surface area contributed by atoms with Crippen LogP contribution in [0.25, 0.3) is 0 Å². The highest BCUT2D eigenvalue weighted by molar-refractivity contribution is 5.81. The van der Waals surface area contributed by atoms with E-state index in [1.54, 1.807) is 12.1 Å². The third kappa shape index (κ3) is 9.86. The molecule has 0 radical (unpaired) electrons. The molecule has 2 aromatic carbocycles. The van der Waals surface area contributed by atoms with Crippen molar-refractivity contribution < 1.29 is 29.0 Å². The lowest BCUT2D eigenvalue weighted by Crippen LogP contribution is -2.31. The first-order chi connectivity index (χ1) is 16.5. The number of azo groups is 1. The predicted octanol–water partition coefficient (Wildman–Crippen LogP) is 3.57. The molecule has 0 heterocycles. The molecule has 0 aromatic heterocycles. The van der Waals surface area contributed by atoms with Crippen molar-refractivity contribution in [3.63, 3.8) is 0 Å². The van der Waals surface area contributed by atoms with Crippen LogP contribution in [0.1, 0.15) is 0 Å². The zero-order chi connectivity index (χ0) is 24.6. The Morgan fingerprint density at radius 1 is 0.941 bits per heavy atom. The highest BCUT2D eigenvalue weighted by Crippen LogP contribution is 2.23. The summed E-state index contributed by atoms with van der Waals surface area (Å²) in [7, 11) is 0. The molecule has 11 nitrogen and oxygen atoms in total. The summed E-state index contributed by atoms with van der Waals surface area (Å²) >= 11 is 0. The Kier molecular flexibility index (Phi) is 11.9. The van der Waals surface area contributed by atoms with Gasteiger partial charge in [0, 0.05) is 30.4 Å². The van der Waals surface area contributed by atoms with E-state index in [0.29, 0.717) is 44.3 Å². The number of nitrogens with zero attached hydrogens (tertiary/aromatic N) is 4. The van der Waals surface area contributed by atoms with Gasteiger partial charge in [-0.15, -0.1) is 0 Å². The van der Waals surface area contributed by atoms with Gasteiger partial charge in [-0.05, 0) is 36.4 Å². The van der Waals surface area contributed by atoms with Gasteiger partial charge in [-0.25, -0.2) is 4.79 Å². The average molecular weight is 472 g/mol. The molecule has 1 N–H and O–H groups in total. The zero-order valence-electron chi connectivity index (χ0n) is 18.7. The summed E-state index contributed by atoms with van der Waals surface area (Å²) in [4.78, 5) is 23.6. The minimum Gasteiger partial charge on any atom is -0.461 e. The highest BCUT2D eigenvalue weighted by atomic mass is 16.6. The Morgan fingerprint density at radius 2 is 1.50 bits per heavy atom. The van der Waals surface area contributed by atoms with Gasteiger partial charge in [-0.3, -0.25) is 10.1 Å². The van der Waals surface area contributed by atoms with Gasteiger partial charge in [0.25, 0.3) is 5.69 Å². The molecule has 0 saturated heterocycles. The number of benzene rings is 2. The Balaban J connectivity index is 1.95. The van der Waals surface area contributed by atoms with Gasteiger partial charge in [0.15, 0.2) is 0 Å². The summed E-state index contributed by atoms with van der Waals surface area (Å²) in [6.45, 7) is 6.05. The SMILES string of the molecule is C=CC(=O)OCCN(CCOCCOCCO)c1ccc(/N=N/c2ccc([N+](=O)[O-])cc2)cc1. The Labute approximate surface area is 197 Å². The maximum Gasteiger partial charge on any atom is 0.330 e. The molecule has 2 aromatic rings. The van der Waals surface area contributed by atoms with Crippen LogP contribution in [0.15, 0.2) is 71.4 Å². The lowest BCUT2D eigenvalue weighted by Gasteiger charge is -2.24. The van der Waals surface area contributed by atoms with Gasteiger partial charge in [-0.2, -0.15) is 10.2 Å². The van der Waals surface area contributed by atoms with E-state index in [2.05, 4.69) is 16.8 Å². The zero-order valence-corrected chi connectivity index (χ0v) is 18.7. The normalized spacial score (nSPS) is 10.9. The number of esters is 1. The van der Waals surface area contributed by atoms with Crippen molar-refractivity contribution in [2.45, 2.75) is 0 Å². The van der Waals surface area contributed by atoms with E-state index in [1.165, 1.54) is 24.3 Å². The van der Waals surface area contributed by atoms with Crippen LogP contribution in [0.2, 0.25) is 0 Å².